The number of nitrogens with zero attached hydrogens (tertiary/aromatic N) is 2. The van der Waals surface area contributed by atoms with Gasteiger partial charge in [0, 0.05) is 11.0 Å². The highest BCUT2D eigenvalue weighted by atomic mass is 32.2. The van der Waals surface area contributed by atoms with E-state index in [0.29, 0.717) is 17.1 Å². The van der Waals surface area contributed by atoms with Crippen molar-refractivity contribution in [1.29, 1.82) is 0 Å². The van der Waals surface area contributed by atoms with Crippen molar-refractivity contribution in [2.24, 2.45) is 0 Å². The van der Waals surface area contributed by atoms with Gasteiger partial charge in [0.25, 0.3) is 6.43 Å². The summed E-state index contributed by atoms with van der Waals surface area (Å²) in [5, 5.41) is 3.29. The number of halogens is 2. The van der Waals surface area contributed by atoms with Gasteiger partial charge in [-0.3, -0.25) is 0 Å². The molecule has 0 saturated carbocycles. The maximum atomic E-state index is 13.0. The normalized spacial score (nSPS) is 12.7. The summed E-state index contributed by atoms with van der Waals surface area (Å²) >= 11 is 1.62. The van der Waals surface area contributed by atoms with Crippen LogP contribution in [0.1, 0.15) is 44.0 Å². The minimum atomic E-state index is -2.70. The molecule has 8 heteroatoms. The molecule has 1 atom stereocenters. The molecule has 0 bridgehead atoms. The number of pyridine rings is 1. The van der Waals surface area contributed by atoms with Crippen molar-refractivity contribution in [1.82, 2.24) is 15.0 Å². The van der Waals surface area contributed by atoms with Crippen LogP contribution in [-0.4, -0.2) is 21.2 Å². The van der Waals surface area contributed by atoms with Crippen molar-refractivity contribution in [2.45, 2.75) is 37.5 Å². The number of rotatable bonds is 6. The van der Waals surface area contributed by atoms with Crippen LogP contribution in [0.15, 0.2) is 29.2 Å². The van der Waals surface area contributed by atoms with E-state index >= 15 is 0 Å². The van der Waals surface area contributed by atoms with Crippen LogP contribution in [-0.2, 0) is 0 Å². The van der Waals surface area contributed by atoms with Crippen LogP contribution in [0.3, 0.4) is 0 Å². The Kier molecular flexibility index (Phi) is 5.31. The number of fused-ring (bicyclic) bond motifs is 1. The van der Waals surface area contributed by atoms with Gasteiger partial charge in [0.2, 0.25) is 0 Å². The van der Waals surface area contributed by atoms with Crippen LogP contribution in [0.5, 0.6) is 0 Å². The molecule has 5 nitrogen and oxygen atoms in total. The Bertz CT molecular complexity index is 925. The van der Waals surface area contributed by atoms with E-state index in [2.05, 4.69) is 46.2 Å². The zero-order valence-electron chi connectivity index (χ0n) is 14.8. The molecule has 0 aliphatic carbocycles. The molecule has 26 heavy (non-hydrogen) atoms. The molecule has 0 radical (unpaired) electrons. The zero-order valence-corrected chi connectivity index (χ0v) is 15.6. The Hall–Kier alpha value is -2.35. The number of alkyl halides is 2. The number of nitrogens with one attached hydrogen (secondary N) is 2. The van der Waals surface area contributed by atoms with Crippen LogP contribution >= 0.6 is 11.8 Å². The highest BCUT2D eigenvalue weighted by molar-refractivity contribution is 7.98. The Balaban J connectivity index is 2.03. The van der Waals surface area contributed by atoms with Crippen molar-refractivity contribution in [2.75, 3.05) is 17.3 Å². The molecule has 1 aromatic carbocycles. The Morgan fingerprint density at radius 3 is 2.65 bits per heavy atom. The first kappa shape index (κ1) is 18.4. The molecule has 0 fully saturated rings. The maximum Gasteiger partial charge on any atom is 0.295 e. The van der Waals surface area contributed by atoms with Crippen LogP contribution in [0.25, 0.3) is 11.2 Å². The van der Waals surface area contributed by atoms with Crippen molar-refractivity contribution < 1.29 is 8.78 Å². The number of hydrogen-bond donors (Lipinski definition) is 3. The Morgan fingerprint density at radius 1 is 1.23 bits per heavy atom. The molecule has 2 heterocycles. The van der Waals surface area contributed by atoms with E-state index < -0.39 is 12.2 Å². The molecule has 0 aliphatic heterocycles. The predicted octanol–water partition coefficient (Wildman–Crippen LogP) is 5.46. The lowest BCUT2D eigenvalue weighted by Crippen LogP contribution is -1.99. The third-order valence-corrected chi connectivity index (χ3v) is 5.16. The van der Waals surface area contributed by atoms with Crippen LogP contribution < -0.4 is 11.1 Å². The van der Waals surface area contributed by atoms with Gasteiger partial charge >= 0.3 is 0 Å². The second-order valence-electron chi connectivity index (χ2n) is 6.11. The number of nitrogen functional groups attached to an aromatic ring is 1. The number of nitrogens with two attached hydrogens (primary N) is 1. The Labute approximate surface area is 154 Å². The topological polar surface area (TPSA) is 79.6 Å². The summed E-state index contributed by atoms with van der Waals surface area (Å²) in [7, 11) is 0. The van der Waals surface area contributed by atoms with Gasteiger partial charge in [-0.25, -0.2) is 18.7 Å². The Morgan fingerprint density at radius 2 is 2.00 bits per heavy atom. The minimum Gasteiger partial charge on any atom is -0.384 e. The second kappa shape index (κ2) is 7.49. The molecular weight excluding hydrogens is 356 g/mol. The first-order valence-electron chi connectivity index (χ1n) is 8.32. The van der Waals surface area contributed by atoms with Crippen LogP contribution in [0.2, 0.25) is 0 Å². The molecular formula is C18H21F2N5S. The molecule has 1 unspecified atom stereocenters. The zero-order chi connectivity index (χ0) is 18.8. The number of aromatic nitrogens is 3. The highest BCUT2D eigenvalue weighted by Gasteiger charge is 2.17. The quantitative estimate of drug-likeness (QED) is 0.497. The summed E-state index contributed by atoms with van der Waals surface area (Å²) in [4.78, 5) is 11.6. The average molecular weight is 377 g/mol. The summed E-state index contributed by atoms with van der Waals surface area (Å²) < 4.78 is 25.9. The fourth-order valence-corrected chi connectivity index (χ4v) is 3.32. The second-order valence-corrected chi connectivity index (χ2v) is 6.96. The molecule has 2 aromatic heterocycles. The summed E-state index contributed by atoms with van der Waals surface area (Å²) in [6, 6.07) is 7.85. The lowest BCUT2D eigenvalue weighted by atomic mass is 9.98. The van der Waals surface area contributed by atoms with Crippen molar-refractivity contribution in [3.05, 3.63) is 35.7 Å². The fourth-order valence-electron chi connectivity index (χ4n) is 2.73. The smallest absolute Gasteiger partial charge is 0.295 e. The lowest BCUT2D eigenvalue weighted by Gasteiger charge is -2.15. The van der Waals surface area contributed by atoms with Gasteiger partial charge in [-0.05, 0) is 36.3 Å². The van der Waals surface area contributed by atoms with Crippen LogP contribution in [0, 0.1) is 0 Å². The van der Waals surface area contributed by atoms with Crippen LogP contribution in [0.4, 0.5) is 26.0 Å². The highest BCUT2D eigenvalue weighted by Crippen LogP contribution is 2.34. The van der Waals surface area contributed by atoms with Crippen molar-refractivity contribution in [3.63, 3.8) is 0 Å². The molecule has 0 saturated heterocycles. The predicted molar refractivity (Wildman–Crippen MR) is 103 cm³/mol. The molecule has 0 spiro atoms. The van der Waals surface area contributed by atoms with Crippen molar-refractivity contribution in [3.8, 4) is 0 Å². The molecule has 4 N–H and O–H groups in total. The summed E-state index contributed by atoms with van der Waals surface area (Å²) in [5.74, 6) is 0.270. The van der Waals surface area contributed by atoms with Gasteiger partial charge in [-0.1, -0.05) is 19.9 Å². The third kappa shape index (κ3) is 3.60. The number of H-pyrrole nitrogens is 1. The lowest BCUT2D eigenvalue weighted by molar-refractivity contribution is 0.142. The summed E-state index contributed by atoms with van der Waals surface area (Å²) in [6.45, 7) is 4.35. The molecule has 0 aliphatic rings. The number of anilines is 3. The van der Waals surface area contributed by atoms with E-state index in [4.69, 9.17) is 5.73 Å². The fraction of sp³-hybridized carbons (Fsp3) is 0.333. The number of imidazole rings is 1. The van der Waals surface area contributed by atoms with E-state index in [1.165, 1.54) is 5.56 Å². The third-order valence-electron chi connectivity index (χ3n) is 4.38. The molecule has 3 aromatic rings. The van der Waals surface area contributed by atoms with Gasteiger partial charge in [-0.2, -0.15) is 0 Å². The first-order valence-corrected chi connectivity index (χ1v) is 9.54. The molecule has 3 rings (SSSR count). The van der Waals surface area contributed by atoms with Gasteiger partial charge in [0.15, 0.2) is 11.5 Å². The number of benzene rings is 1. The minimum absolute atomic E-state index is 0.171. The van der Waals surface area contributed by atoms with E-state index in [0.717, 1.165) is 17.0 Å². The maximum absolute atomic E-state index is 13.0. The number of thioether (sulfide) groups is 1. The largest absolute Gasteiger partial charge is 0.384 e. The van der Waals surface area contributed by atoms with E-state index in [1.54, 1.807) is 17.8 Å². The standard InChI is InChI=1S/C18H21F2N5S/c1-4-9(2)10-5-6-11(13(7-10)26-3)22-12-8-14(21)23-17-15(12)24-18(25-17)16(19)20/h5-9,16H,4H2,1-3H3,(H4,21,22,23,24,25). The van der Waals surface area contributed by atoms with Gasteiger partial charge in [0.1, 0.15) is 11.3 Å². The molecule has 138 valence electrons. The number of hydrogen-bond acceptors (Lipinski definition) is 5. The van der Waals surface area contributed by atoms with E-state index in [9.17, 15) is 8.78 Å². The van der Waals surface area contributed by atoms with E-state index in [1.807, 2.05) is 12.3 Å². The van der Waals surface area contributed by atoms with Gasteiger partial charge in [-0.15, -0.1) is 11.8 Å². The number of aromatic amines is 1. The summed E-state index contributed by atoms with van der Waals surface area (Å²) in [5.41, 5.74) is 9.11. The van der Waals surface area contributed by atoms with Gasteiger partial charge in [0.05, 0.1) is 11.4 Å². The first-order chi connectivity index (χ1) is 12.4. The summed E-state index contributed by atoms with van der Waals surface area (Å²) in [6.07, 6.45) is 0.365. The van der Waals surface area contributed by atoms with E-state index in [-0.39, 0.29) is 11.5 Å². The monoisotopic (exact) mass is 377 g/mol. The molecule has 0 amide bonds. The average Bonchev–Trinajstić information content (AvgIpc) is 3.05. The van der Waals surface area contributed by atoms with Gasteiger partial charge < -0.3 is 16.0 Å². The SMILES string of the molecule is CCC(C)c1ccc(Nc2cc(N)nc3nc(C(F)F)[nH]c23)c(SC)c1. The van der Waals surface area contributed by atoms with Crippen molar-refractivity contribution >= 4 is 40.1 Å².